The van der Waals surface area contributed by atoms with Gasteiger partial charge in [0.25, 0.3) is 0 Å². The minimum Gasteiger partial charge on any atom is -0.482 e. The van der Waals surface area contributed by atoms with Crippen LogP contribution in [-0.2, 0) is 0 Å². The molecule has 2 aromatic heterocycles. The summed E-state index contributed by atoms with van der Waals surface area (Å²) in [6, 6.07) is 8.49. The van der Waals surface area contributed by atoms with E-state index in [4.69, 9.17) is 33.7 Å². The van der Waals surface area contributed by atoms with Crippen molar-refractivity contribution in [3.8, 4) is 16.9 Å². The van der Waals surface area contributed by atoms with Gasteiger partial charge >= 0.3 is 0 Å². The lowest BCUT2D eigenvalue weighted by atomic mass is 10.1. The zero-order valence-electron chi connectivity index (χ0n) is 17.1. The summed E-state index contributed by atoms with van der Waals surface area (Å²) in [7, 11) is 0. The second-order valence-electron chi connectivity index (χ2n) is 7.58. The van der Waals surface area contributed by atoms with Crippen molar-refractivity contribution in [1.29, 1.82) is 0 Å². The molecule has 1 aromatic carbocycles. The summed E-state index contributed by atoms with van der Waals surface area (Å²) in [5, 5.41) is 0.249. The van der Waals surface area contributed by atoms with Gasteiger partial charge in [0.15, 0.2) is 11.6 Å². The van der Waals surface area contributed by atoms with Crippen LogP contribution in [0.4, 0.5) is 16.0 Å². The van der Waals surface area contributed by atoms with Gasteiger partial charge in [-0.15, -0.1) is 0 Å². The smallest absolute Gasteiger partial charge is 0.166 e. The van der Waals surface area contributed by atoms with E-state index >= 15 is 0 Å². The van der Waals surface area contributed by atoms with Crippen LogP contribution in [0.25, 0.3) is 11.1 Å². The Balaban J connectivity index is 1.57. The Morgan fingerprint density at radius 1 is 1.03 bits per heavy atom. The predicted molar refractivity (Wildman–Crippen MR) is 123 cm³/mol. The van der Waals surface area contributed by atoms with E-state index in [1.54, 1.807) is 19.2 Å². The van der Waals surface area contributed by atoms with Gasteiger partial charge in [-0.3, -0.25) is 0 Å². The SMILES string of the molecule is C[C@@H](Oc1cc(-c2ccc(N3CCCCC3)nc2)cnc1N)c1c(Cl)ccc(F)c1Cl. The molecule has 0 unspecified atom stereocenters. The number of pyridine rings is 2. The molecule has 4 rings (SSSR count). The minimum absolute atomic E-state index is 0.0693. The summed E-state index contributed by atoms with van der Waals surface area (Å²) in [5.41, 5.74) is 8.09. The van der Waals surface area contributed by atoms with Crippen LogP contribution in [0.3, 0.4) is 0 Å². The summed E-state index contributed by atoms with van der Waals surface area (Å²) < 4.78 is 19.9. The highest BCUT2D eigenvalue weighted by molar-refractivity contribution is 6.36. The van der Waals surface area contributed by atoms with Crippen molar-refractivity contribution >= 4 is 34.8 Å². The zero-order valence-corrected chi connectivity index (χ0v) is 18.6. The average molecular weight is 461 g/mol. The van der Waals surface area contributed by atoms with Gasteiger partial charge < -0.3 is 15.4 Å². The van der Waals surface area contributed by atoms with Crippen molar-refractivity contribution in [2.45, 2.75) is 32.3 Å². The van der Waals surface area contributed by atoms with Crippen LogP contribution in [0.5, 0.6) is 5.75 Å². The van der Waals surface area contributed by atoms with E-state index in [0.717, 1.165) is 30.0 Å². The molecule has 0 saturated carbocycles. The van der Waals surface area contributed by atoms with Crippen LogP contribution in [-0.4, -0.2) is 23.1 Å². The molecule has 0 amide bonds. The van der Waals surface area contributed by atoms with Crippen LogP contribution in [0.2, 0.25) is 10.0 Å². The number of benzene rings is 1. The molecule has 8 heteroatoms. The molecule has 3 aromatic rings. The summed E-state index contributed by atoms with van der Waals surface area (Å²) in [5.74, 6) is 1.00. The molecule has 31 heavy (non-hydrogen) atoms. The molecule has 1 aliphatic rings. The van der Waals surface area contributed by atoms with Gasteiger partial charge in [-0.25, -0.2) is 14.4 Å². The van der Waals surface area contributed by atoms with E-state index in [1.165, 1.54) is 31.4 Å². The van der Waals surface area contributed by atoms with Gasteiger partial charge in [0.2, 0.25) is 0 Å². The number of anilines is 2. The molecular formula is C23H23Cl2FN4O. The molecule has 1 saturated heterocycles. The molecular weight excluding hydrogens is 438 g/mol. The molecule has 2 N–H and O–H groups in total. The summed E-state index contributed by atoms with van der Waals surface area (Å²) in [4.78, 5) is 11.2. The van der Waals surface area contributed by atoms with E-state index in [9.17, 15) is 4.39 Å². The van der Waals surface area contributed by atoms with Crippen molar-refractivity contribution in [2.24, 2.45) is 0 Å². The maximum Gasteiger partial charge on any atom is 0.166 e. The van der Waals surface area contributed by atoms with E-state index in [-0.39, 0.29) is 10.8 Å². The molecule has 1 fully saturated rings. The second-order valence-corrected chi connectivity index (χ2v) is 8.36. The Kier molecular flexibility index (Phi) is 6.49. The van der Waals surface area contributed by atoms with Crippen molar-refractivity contribution < 1.29 is 9.13 Å². The van der Waals surface area contributed by atoms with E-state index in [0.29, 0.717) is 16.3 Å². The summed E-state index contributed by atoms with van der Waals surface area (Å²) in [6.07, 6.45) is 6.54. The number of nitrogen functional groups attached to an aromatic ring is 1. The lowest BCUT2D eigenvalue weighted by molar-refractivity contribution is 0.227. The van der Waals surface area contributed by atoms with Crippen LogP contribution in [0.1, 0.15) is 37.9 Å². The third-order valence-electron chi connectivity index (χ3n) is 5.43. The van der Waals surface area contributed by atoms with Crippen LogP contribution in [0, 0.1) is 5.82 Å². The minimum atomic E-state index is -0.630. The standard InChI is InChI=1S/C23H23Cl2FN4O/c1-14(21-17(24)6-7-18(26)22(21)25)31-19-11-16(13-29-23(19)27)15-5-8-20(28-12-15)30-9-3-2-4-10-30/h5-8,11-14H,2-4,9-10H2,1H3,(H2,27,29)/t14-/m1/s1. The van der Waals surface area contributed by atoms with Gasteiger partial charge in [-0.1, -0.05) is 23.2 Å². The number of nitrogens with two attached hydrogens (primary N) is 1. The van der Waals surface area contributed by atoms with Gasteiger partial charge in [-0.2, -0.15) is 0 Å². The number of ether oxygens (including phenoxy) is 1. The monoisotopic (exact) mass is 460 g/mol. The highest BCUT2D eigenvalue weighted by atomic mass is 35.5. The van der Waals surface area contributed by atoms with Crippen LogP contribution in [0.15, 0.2) is 42.7 Å². The third-order valence-corrected chi connectivity index (χ3v) is 6.15. The summed E-state index contributed by atoms with van der Waals surface area (Å²) in [6.45, 7) is 3.81. The first-order chi connectivity index (χ1) is 14.9. The number of nitrogens with zero attached hydrogens (tertiary/aromatic N) is 3. The Morgan fingerprint density at radius 3 is 2.48 bits per heavy atom. The average Bonchev–Trinajstić information content (AvgIpc) is 2.79. The van der Waals surface area contributed by atoms with Gasteiger partial charge in [-0.05, 0) is 56.5 Å². The first-order valence-electron chi connectivity index (χ1n) is 10.2. The Hall–Kier alpha value is -2.57. The number of rotatable bonds is 5. The lowest BCUT2D eigenvalue weighted by Gasteiger charge is -2.27. The Morgan fingerprint density at radius 2 is 1.77 bits per heavy atom. The lowest BCUT2D eigenvalue weighted by Crippen LogP contribution is -2.29. The summed E-state index contributed by atoms with van der Waals surface area (Å²) >= 11 is 12.3. The van der Waals surface area contributed by atoms with Gasteiger partial charge in [0.1, 0.15) is 17.7 Å². The zero-order chi connectivity index (χ0) is 22.0. The van der Waals surface area contributed by atoms with Gasteiger partial charge in [0.05, 0.1) is 5.02 Å². The molecule has 0 aliphatic carbocycles. The van der Waals surface area contributed by atoms with Crippen LogP contribution < -0.4 is 15.4 Å². The first kappa shape index (κ1) is 21.7. The predicted octanol–water partition coefficient (Wildman–Crippen LogP) is 6.30. The third kappa shape index (κ3) is 4.70. The van der Waals surface area contributed by atoms with Crippen molar-refractivity contribution in [1.82, 2.24) is 9.97 Å². The number of halogens is 3. The van der Waals surface area contributed by atoms with E-state index in [2.05, 4.69) is 14.9 Å². The fourth-order valence-electron chi connectivity index (χ4n) is 3.74. The fourth-order valence-corrected chi connectivity index (χ4v) is 4.42. The molecule has 0 spiro atoms. The molecule has 5 nitrogen and oxygen atoms in total. The highest BCUT2D eigenvalue weighted by Gasteiger charge is 2.20. The number of hydrogen-bond acceptors (Lipinski definition) is 5. The molecule has 0 bridgehead atoms. The molecule has 1 atom stereocenters. The molecule has 0 radical (unpaired) electrons. The molecule has 3 heterocycles. The second kappa shape index (κ2) is 9.28. The molecule has 1 aliphatic heterocycles. The normalized spacial score (nSPS) is 15.0. The number of hydrogen-bond donors (Lipinski definition) is 1. The molecule has 162 valence electrons. The first-order valence-corrected chi connectivity index (χ1v) is 11.0. The topological polar surface area (TPSA) is 64.3 Å². The van der Waals surface area contributed by atoms with Crippen molar-refractivity contribution in [3.05, 3.63) is 64.2 Å². The Bertz CT molecular complexity index is 1070. The van der Waals surface area contributed by atoms with E-state index < -0.39 is 11.9 Å². The van der Waals surface area contributed by atoms with Crippen molar-refractivity contribution in [2.75, 3.05) is 23.7 Å². The number of aromatic nitrogens is 2. The maximum absolute atomic E-state index is 13.9. The van der Waals surface area contributed by atoms with E-state index in [1.807, 2.05) is 18.3 Å². The van der Waals surface area contributed by atoms with Crippen molar-refractivity contribution in [3.63, 3.8) is 0 Å². The van der Waals surface area contributed by atoms with Gasteiger partial charge in [0, 0.05) is 47.2 Å². The largest absolute Gasteiger partial charge is 0.482 e. The maximum atomic E-state index is 13.9. The quantitative estimate of drug-likeness (QED) is 0.452. The fraction of sp³-hybridized carbons (Fsp3) is 0.304. The highest BCUT2D eigenvalue weighted by Crippen LogP contribution is 2.37. The van der Waals surface area contributed by atoms with Crippen LogP contribution >= 0.6 is 23.2 Å². The Labute approximate surface area is 191 Å². The number of piperidine rings is 1.